The lowest BCUT2D eigenvalue weighted by atomic mass is 10.2. The fourth-order valence-corrected chi connectivity index (χ4v) is 5.12. The highest BCUT2D eigenvalue weighted by atomic mass is 79.9. The maximum absolute atomic E-state index is 12.7. The number of ether oxygens (including phenoxy) is 1. The van der Waals surface area contributed by atoms with Crippen LogP contribution in [0, 0.1) is 6.92 Å². The topological polar surface area (TPSA) is 66.9 Å². The lowest BCUT2D eigenvalue weighted by molar-refractivity contribution is -0.139. The Morgan fingerprint density at radius 2 is 1.71 bits per heavy atom. The largest absolute Gasteiger partial charge is 0.480 e. The standard InChI is InChI=1S/C20H23BrN2O4S/c1-15-8-9-19(18(21)14-15)27-16(2)20(24)22-10-12-23(13-11-22)28(25,26)17-6-4-3-5-7-17/h3-9,14,16H,10-13H2,1-2H3. The average molecular weight is 467 g/mol. The second kappa shape index (κ2) is 8.63. The van der Waals surface area contributed by atoms with Crippen molar-refractivity contribution in [3.8, 4) is 5.75 Å². The van der Waals surface area contributed by atoms with Crippen LogP contribution >= 0.6 is 15.9 Å². The molecule has 1 fully saturated rings. The third-order valence-electron chi connectivity index (χ3n) is 4.67. The highest BCUT2D eigenvalue weighted by molar-refractivity contribution is 9.10. The monoisotopic (exact) mass is 466 g/mol. The third kappa shape index (κ3) is 4.56. The first kappa shape index (κ1) is 20.8. The molecule has 0 aromatic heterocycles. The van der Waals surface area contributed by atoms with E-state index in [1.165, 1.54) is 4.31 Å². The van der Waals surface area contributed by atoms with Crippen LogP contribution in [0.25, 0.3) is 0 Å². The van der Waals surface area contributed by atoms with E-state index in [1.807, 2.05) is 25.1 Å². The number of benzene rings is 2. The molecule has 0 N–H and O–H groups in total. The Labute approximate surface area is 174 Å². The van der Waals surface area contributed by atoms with Crippen LogP contribution < -0.4 is 4.74 Å². The number of carbonyl (C=O) groups excluding carboxylic acids is 1. The van der Waals surface area contributed by atoms with Crippen LogP contribution in [0.15, 0.2) is 57.9 Å². The fraction of sp³-hybridized carbons (Fsp3) is 0.350. The molecule has 1 amide bonds. The van der Waals surface area contributed by atoms with Gasteiger partial charge in [0.25, 0.3) is 5.91 Å². The van der Waals surface area contributed by atoms with Crippen LogP contribution in [-0.4, -0.2) is 55.8 Å². The van der Waals surface area contributed by atoms with Gasteiger partial charge in [0.1, 0.15) is 5.75 Å². The number of nitrogens with zero attached hydrogens (tertiary/aromatic N) is 2. The summed E-state index contributed by atoms with van der Waals surface area (Å²) in [7, 11) is -3.53. The van der Waals surface area contributed by atoms with Crippen LogP contribution in [0.1, 0.15) is 12.5 Å². The van der Waals surface area contributed by atoms with E-state index in [9.17, 15) is 13.2 Å². The summed E-state index contributed by atoms with van der Waals surface area (Å²) < 4.78 is 33.4. The molecule has 1 aliphatic rings. The average Bonchev–Trinajstić information content (AvgIpc) is 2.70. The Hall–Kier alpha value is -1.90. The number of sulfonamides is 1. The number of hydrogen-bond acceptors (Lipinski definition) is 4. The quantitative estimate of drug-likeness (QED) is 0.678. The van der Waals surface area contributed by atoms with Crippen LogP contribution in [0.3, 0.4) is 0 Å². The molecule has 0 saturated carbocycles. The summed E-state index contributed by atoms with van der Waals surface area (Å²) >= 11 is 3.45. The predicted molar refractivity (Wildman–Crippen MR) is 111 cm³/mol. The summed E-state index contributed by atoms with van der Waals surface area (Å²) in [5.41, 5.74) is 1.09. The van der Waals surface area contributed by atoms with Crippen molar-refractivity contribution in [2.45, 2.75) is 24.8 Å². The first-order valence-corrected chi connectivity index (χ1v) is 11.3. The molecule has 0 spiro atoms. The summed E-state index contributed by atoms with van der Waals surface area (Å²) in [6.07, 6.45) is -0.656. The molecule has 2 aromatic carbocycles. The van der Waals surface area contributed by atoms with Crippen molar-refractivity contribution in [3.05, 3.63) is 58.6 Å². The Morgan fingerprint density at radius 3 is 2.32 bits per heavy atom. The molecule has 1 atom stereocenters. The number of hydrogen-bond donors (Lipinski definition) is 0. The van der Waals surface area contributed by atoms with Crippen molar-refractivity contribution in [1.82, 2.24) is 9.21 Å². The first-order chi connectivity index (χ1) is 13.3. The molecular formula is C20H23BrN2O4S. The predicted octanol–water partition coefficient (Wildman–Crippen LogP) is 3.06. The number of amides is 1. The molecule has 0 aliphatic carbocycles. The van der Waals surface area contributed by atoms with Gasteiger partial charge in [-0.2, -0.15) is 4.31 Å². The molecule has 1 heterocycles. The number of aryl methyl sites for hydroxylation is 1. The molecule has 0 radical (unpaired) electrons. The van der Waals surface area contributed by atoms with Gasteiger partial charge >= 0.3 is 0 Å². The third-order valence-corrected chi connectivity index (χ3v) is 7.20. The summed E-state index contributed by atoms with van der Waals surface area (Å²) in [4.78, 5) is 14.7. The van der Waals surface area contributed by atoms with Gasteiger partial charge in [-0.3, -0.25) is 4.79 Å². The van der Waals surface area contributed by atoms with E-state index in [0.29, 0.717) is 18.8 Å². The molecule has 6 nitrogen and oxygen atoms in total. The van der Waals surface area contributed by atoms with Crippen LogP contribution in [-0.2, 0) is 14.8 Å². The molecule has 1 aliphatic heterocycles. The van der Waals surface area contributed by atoms with Crippen molar-refractivity contribution >= 4 is 31.9 Å². The molecule has 28 heavy (non-hydrogen) atoms. The van der Waals surface area contributed by atoms with Gasteiger partial charge in [0.05, 0.1) is 9.37 Å². The first-order valence-electron chi connectivity index (χ1n) is 9.06. The molecular weight excluding hydrogens is 444 g/mol. The van der Waals surface area contributed by atoms with E-state index < -0.39 is 16.1 Å². The van der Waals surface area contributed by atoms with Gasteiger partial charge in [0, 0.05) is 26.2 Å². The van der Waals surface area contributed by atoms with E-state index in [1.54, 1.807) is 42.2 Å². The number of piperazine rings is 1. The van der Waals surface area contributed by atoms with Gasteiger partial charge < -0.3 is 9.64 Å². The summed E-state index contributed by atoms with van der Waals surface area (Å²) in [5, 5.41) is 0. The molecule has 3 rings (SSSR count). The number of rotatable bonds is 5. The highest BCUT2D eigenvalue weighted by Crippen LogP contribution is 2.27. The zero-order valence-electron chi connectivity index (χ0n) is 15.8. The van der Waals surface area contributed by atoms with Crippen LogP contribution in [0.2, 0.25) is 0 Å². The Kier molecular flexibility index (Phi) is 6.42. The van der Waals surface area contributed by atoms with Gasteiger partial charge in [0.15, 0.2) is 6.10 Å². The van der Waals surface area contributed by atoms with Gasteiger partial charge in [-0.25, -0.2) is 8.42 Å². The zero-order valence-corrected chi connectivity index (χ0v) is 18.2. The number of halogens is 1. The summed E-state index contributed by atoms with van der Waals surface area (Å²) in [5.74, 6) is 0.459. The van der Waals surface area contributed by atoms with Crippen LogP contribution in [0.4, 0.5) is 0 Å². The maximum atomic E-state index is 12.7. The minimum absolute atomic E-state index is 0.149. The van der Waals surface area contributed by atoms with E-state index >= 15 is 0 Å². The Balaban J connectivity index is 1.60. The summed E-state index contributed by atoms with van der Waals surface area (Å²) in [6.45, 7) is 4.91. The van der Waals surface area contributed by atoms with E-state index in [0.717, 1.165) is 10.0 Å². The summed E-state index contributed by atoms with van der Waals surface area (Å²) in [6, 6.07) is 14.0. The molecule has 1 saturated heterocycles. The lowest BCUT2D eigenvalue weighted by Crippen LogP contribution is -2.53. The molecule has 8 heteroatoms. The SMILES string of the molecule is Cc1ccc(OC(C)C(=O)N2CCN(S(=O)(=O)c3ccccc3)CC2)c(Br)c1. The second-order valence-electron chi connectivity index (χ2n) is 6.74. The fourth-order valence-electron chi connectivity index (χ4n) is 3.09. The zero-order chi connectivity index (χ0) is 20.3. The van der Waals surface area contributed by atoms with Crippen molar-refractivity contribution in [3.63, 3.8) is 0 Å². The molecule has 1 unspecified atom stereocenters. The van der Waals surface area contributed by atoms with Crippen molar-refractivity contribution < 1.29 is 17.9 Å². The minimum Gasteiger partial charge on any atom is -0.480 e. The van der Waals surface area contributed by atoms with E-state index in [2.05, 4.69) is 15.9 Å². The number of carbonyl (C=O) groups is 1. The van der Waals surface area contributed by atoms with E-state index in [-0.39, 0.29) is 23.9 Å². The minimum atomic E-state index is -3.53. The normalized spacial score (nSPS) is 16.6. The Morgan fingerprint density at radius 1 is 1.07 bits per heavy atom. The molecule has 150 valence electrons. The van der Waals surface area contributed by atoms with Crippen molar-refractivity contribution in [2.75, 3.05) is 26.2 Å². The lowest BCUT2D eigenvalue weighted by Gasteiger charge is -2.35. The second-order valence-corrected chi connectivity index (χ2v) is 9.53. The highest BCUT2D eigenvalue weighted by Gasteiger charge is 2.32. The molecule has 0 bridgehead atoms. The van der Waals surface area contributed by atoms with Gasteiger partial charge in [-0.05, 0) is 59.6 Å². The maximum Gasteiger partial charge on any atom is 0.263 e. The Bertz CT molecular complexity index is 942. The molecule has 2 aromatic rings. The van der Waals surface area contributed by atoms with Crippen molar-refractivity contribution in [2.24, 2.45) is 0 Å². The smallest absolute Gasteiger partial charge is 0.263 e. The van der Waals surface area contributed by atoms with Gasteiger partial charge in [-0.1, -0.05) is 24.3 Å². The van der Waals surface area contributed by atoms with Gasteiger partial charge in [0.2, 0.25) is 10.0 Å². The van der Waals surface area contributed by atoms with E-state index in [4.69, 9.17) is 4.74 Å². The van der Waals surface area contributed by atoms with Crippen LogP contribution in [0.5, 0.6) is 5.75 Å². The van der Waals surface area contributed by atoms with Gasteiger partial charge in [-0.15, -0.1) is 0 Å². The van der Waals surface area contributed by atoms with Crippen molar-refractivity contribution in [1.29, 1.82) is 0 Å².